The van der Waals surface area contributed by atoms with E-state index in [0.29, 0.717) is 17.7 Å². The van der Waals surface area contributed by atoms with Gasteiger partial charge >= 0.3 is 0 Å². The Morgan fingerprint density at radius 1 is 1.03 bits per heavy atom. The van der Waals surface area contributed by atoms with Gasteiger partial charge in [-0.2, -0.15) is 0 Å². The first-order valence-electron chi connectivity index (χ1n) is 10.5. The van der Waals surface area contributed by atoms with Crippen molar-refractivity contribution in [2.75, 3.05) is 0 Å². The molecular weight excluding hydrogens is 425 g/mol. The lowest BCUT2D eigenvalue weighted by molar-refractivity contribution is 0.491. The molecule has 0 unspecified atom stereocenters. The van der Waals surface area contributed by atoms with E-state index in [1.807, 2.05) is 54.0 Å². The van der Waals surface area contributed by atoms with E-state index in [9.17, 15) is 12.8 Å². The molecule has 2 aromatic carbocycles. The smallest absolute Gasteiger partial charge is 0.242 e. The van der Waals surface area contributed by atoms with Crippen molar-refractivity contribution in [3.8, 4) is 17.1 Å². The van der Waals surface area contributed by atoms with E-state index >= 15 is 0 Å². The molecule has 2 heterocycles. The molecule has 0 atom stereocenters. The van der Waals surface area contributed by atoms with E-state index < -0.39 is 15.6 Å². The van der Waals surface area contributed by atoms with Gasteiger partial charge in [0, 0.05) is 22.8 Å². The molecule has 7 heteroatoms. The third kappa shape index (κ3) is 4.31. The monoisotopic (exact) mass is 451 g/mol. The Kier molecular flexibility index (Phi) is 5.65. The lowest BCUT2D eigenvalue weighted by atomic mass is 10.1. The van der Waals surface area contributed by atoms with Gasteiger partial charge in [-0.25, -0.2) is 17.5 Å². The zero-order chi connectivity index (χ0) is 23.1. The predicted molar refractivity (Wildman–Crippen MR) is 126 cm³/mol. The van der Waals surface area contributed by atoms with Crippen molar-refractivity contribution in [1.29, 1.82) is 0 Å². The van der Waals surface area contributed by atoms with E-state index in [4.69, 9.17) is 0 Å². The number of halogens is 1. The van der Waals surface area contributed by atoms with Crippen molar-refractivity contribution in [2.45, 2.75) is 44.6 Å². The predicted octanol–water partition coefficient (Wildman–Crippen LogP) is 5.47. The molecule has 0 bridgehead atoms. The van der Waals surface area contributed by atoms with Crippen molar-refractivity contribution in [2.24, 2.45) is 0 Å². The van der Waals surface area contributed by atoms with Gasteiger partial charge in [0.25, 0.3) is 0 Å². The molecule has 0 saturated carbocycles. The van der Waals surface area contributed by atoms with Crippen molar-refractivity contribution in [3.05, 3.63) is 78.2 Å². The van der Waals surface area contributed by atoms with Gasteiger partial charge in [-0.15, -0.1) is 0 Å². The maximum atomic E-state index is 14.5. The summed E-state index contributed by atoms with van der Waals surface area (Å²) in [5.74, 6) is -0.237. The summed E-state index contributed by atoms with van der Waals surface area (Å²) in [5, 5.41) is 0.756. The number of fused-ring (bicyclic) bond motifs is 1. The van der Waals surface area contributed by atoms with Crippen molar-refractivity contribution < 1.29 is 12.8 Å². The second-order valence-corrected chi connectivity index (χ2v) is 10.5. The number of sulfonamides is 1. The third-order valence-electron chi connectivity index (χ3n) is 5.11. The van der Waals surface area contributed by atoms with Gasteiger partial charge in [-0.1, -0.05) is 25.1 Å². The highest BCUT2D eigenvalue weighted by molar-refractivity contribution is 7.89. The van der Waals surface area contributed by atoms with Crippen LogP contribution in [-0.4, -0.2) is 23.5 Å². The normalized spacial score (nSPS) is 12.4. The molecule has 5 nitrogen and oxygen atoms in total. The summed E-state index contributed by atoms with van der Waals surface area (Å²) in [6.45, 7) is 7.28. The minimum Gasteiger partial charge on any atom is -0.308 e. The van der Waals surface area contributed by atoms with Crippen LogP contribution in [0.5, 0.6) is 0 Å². The second kappa shape index (κ2) is 8.15. The van der Waals surface area contributed by atoms with Gasteiger partial charge in [-0.3, -0.25) is 4.98 Å². The van der Waals surface area contributed by atoms with Gasteiger partial charge in [-0.05, 0) is 75.2 Å². The van der Waals surface area contributed by atoms with Crippen LogP contribution in [-0.2, 0) is 16.4 Å². The van der Waals surface area contributed by atoms with Crippen LogP contribution in [0, 0.1) is 5.82 Å². The number of hydrogen-bond donors (Lipinski definition) is 1. The molecule has 0 spiro atoms. The highest BCUT2D eigenvalue weighted by Gasteiger charge is 2.23. The average molecular weight is 452 g/mol. The SMILES string of the molecule is CCc1cc2c(cc1F)cc(-c1ccc(S(=O)(=O)NC(C)(C)C)cn1)n2-c1ccccc1. The maximum absolute atomic E-state index is 14.5. The Morgan fingerprint density at radius 2 is 1.75 bits per heavy atom. The molecule has 32 heavy (non-hydrogen) atoms. The number of nitrogens with zero attached hydrogens (tertiary/aromatic N) is 2. The number of pyridine rings is 1. The zero-order valence-electron chi connectivity index (χ0n) is 18.6. The number of aromatic nitrogens is 2. The summed E-state index contributed by atoms with van der Waals surface area (Å²) in [6.07, 6.45) is 1.94. The van der Waals surface area contributed by atoms with Crippen LogP contribution < -0.4 is 4.72 Å². The van der Waals surface area contributed by atoms with Crippen LogP contribution in [0.1, 0.15) is 33.3 Å². The minimum absolute atomic E-state index is 0.0952. The first kappa shape index (κ1) is 22.2. The highest BCUT2D eigenvalue weighted by Crippen LogP contribution is 2.32. The van der Waals surface area contributed by atoms with E-state index in [1.54, 1.807) is 39.0 Å². The lowest BCUT2D eigenvalue weighted by Gasteiger charge is -2.20. The van der Waals surface area contributed by atoms with Gasteiger partial charge in [0.05, 0.1) is 16.9 Å². The molecule has 0 fully saturated rings. The van der Waals surface area contributed by atoms with E-state index in [0.717, 1.165) is 22.3 Å². The average Bonchev–Trinajstić information content (AvgIpc) is 3.10. The molecular formula is C25H26FN3O2S. The molecule has 4 aromatic rings. The lowest BCUT2D eigenvalue weighted by Crippen LogP contribution is -2.40. The summed E-state index contributed by atoms with van der Waals surface area (Å²) < 4.78 is 44.4. The summed E-state index contributed by atoms with van der Waals surface area (Å²) >= 11 is 0. The number of para-hydroxylation sites is 1. The van der Waals surface area contributed by atoms with Crippen LogP contribution in [0.2, 0.25) is 0 Å². The molecule has 0 aliphatic heterocycles. The minimum atomic E-state index is -3.69. The summed E-state index contributed by atoms with van der Waals surface area (Å²) in [5.41, 5.74) is 3.18. The van der Waals surface area contributed by atoms with Gasteiger partial charge in [0.2, 0.25) is 10.0 Å². The first-order valence-corrected chi connectivity index (χ1v) is 12.0. The topological polar surface area (TPSA) is 64.0 Å². The van der Waals surface area contributed by atoms with E-state index in [1.165, 1.54) is 6.20 Å². The third-order valence-corrected chi connectivity index (χ3v) is 6.86. The molecule has 2 aromatic heterocycles. The fraction of sp³-hybridized carbons (Fsp3) is 0.240. The number of benzene rings is 2. The van der Waals surface area contributed by atoms with Gasteiger partial charge < -0.3 is 4.57 Å². The summed E-state index contributed by atoms with van der Waals surface area (Å²) in [6, 6.07) is 18.3. The molecule has 0 radical (unpaired) electrons. The van der Waals surface area contributed by atoms with Crippen LogP contribution in [0.15, 0.2) is 71.8 Å². The van der Waals surface area contributed by atoms with Crippen LogP contribution in [0.25, 0.3) is 28.0 Å². The molecule has 0 aliphatic carbocycles. The van der Waals surface area contributed by atoms with Crippen molar-refractivity contribution in [3.63, 3.8) is 0 Å². The Morgan fingerprint density at radius 3 is 2.34 bits per heavy atom. The second-order valence-electron chi connectivity index (χ2n) is 8.79. The number of rotatable bonds is 5. The molecule has 4 rings (SSSR count). The van der Waals surface area contributed by atoms with Gasteiger partial charge in [0.1, 0.15) is 10.7 Å². The fourth-order valence-corrected chi connectivity index (χ4v) is 5.10. The van der Waals surface area contributed by atoms with Crippen LogP contribution in [0.4, 0.5) is 4.39 Å². The summed E-state index contributed by atoms with van der Waals surface area (Å²) in [4.78, 5) is 4.55. The van der Waals surface area contributed by atoms with E-state index in [2.05, 4.69) is 9.71 Å². The Balaban J connectivity index is 1.88. The first-order chi connectivity index (χ1) is 15.1. The zero-order valence-corrected chi connectivity index (χ0v) is 19.4. The molecule has 166 valence electrons. The Bertz CT molecular complexity index is 1370. The van der Waals surface area contributed by atoms with Crippen molar-refractivity contribution >= 4 is 20.9 Å². The quantitative estimate of drug-likeness (QED) is 0.438. The molecule has 0 amide bonds. The standard InChI is InChI=1S/C25H26FN3O2S/c1-5-17-14-23-18(13-21(17)26)15-24(29(23)19-9-7-6-8-10-19)22-12-11-20(16-27-22)32(30,31)28-25(2,3)4/h6-16,28H,5H2,1-4H3. The summed E-state index contributed by atoms with van der Waals surface area (Å²) in [7, 11) is -3.69. The highest BCUT2D eigenvalue weighted by atomic mass is 32.2. The molecule has 0 saturated heterocycles. The maximum Gasteiger partial charge on any atom is 0.242 e. The number of aryl methyl sites for hydroxylation is 1. The van der Waals surface area contributed by atoms with E-state index in [-0.39, 0.29) is 10.7 Å². The van der Waals surface area contributed by atoms with Crippen molar-refractivity contribution in [1.82, 2.24) is 14.3 Å². The van der Waals surface area contributed by atoms with Crippen LogP contribution in [0.3, 0.4) is 0 Å². The Hall–Kier alpha value is -3.03. The van der Waals surface area contributed by atoms with Gasteiger partial charge in [0.15, 0.2) is 0 Å². The largest absolute Gasteiger partial charge is 0.308 e. The van der Waals surface area contributed by atoms with Crippen LogP contribution >= 0.6 is 0 Å². The number of hydrogen-bond acceptors (Lipinski definition) is 3. The molecule has 1 N–H and O–H groups in total. The molecule has 0 aliphatic rings. The Labute approximate surface area is 188 Å². The number of nitrogens with one attached hydrogen (secondary N) is 1. The fourth-order valence-electron chi connectivity index (χ4n) is 3.74.